The number of anilines is 1. The van der Waals surface area contributed by atoms with Crippen molar-refractivity contribution in [2.24, 2.45) is 24.3 Å². The monoisotopic (exact) mass is 891 g/mol. The van der Waals surface area contributed by atoms with Gasteiger partial charge in [0.1, 0.15) is 12.0 Å². The van der Waals surface area contributed by atoms with Gasteiger partial charge >= 0.3 is 5.69 Å². The maximum Gasteiger partial charge on any atom is 0.329 e. The number of carbonyl (C=O) groups excluding carboxylic acids is 3. The minimum absolute atomic E-state index is 0.00185. The fourth-order valence-corrected chi connectivity index (χ4v) is 11.2. The fourth-order valence-electron chi connectivity index (χ4n) is 11.2. The van der Waals surface area contributed by atoms with Crippen LogP contribution in [0.5, 0.6) is 0 Å². The Morgan fingerprint density at radius 2 is 1.68 bits per heavy atom. The average Bonchev–Trinajstić information content (AvgIpc) is 3.71. The van der Waals surface area contributed by atoms with Crippen LogP contribution in [0.3, 0.4) is 0 Å². The number of hydrogen-bond donors (Lipinski definition) is 1. The van der Waals surface area contributed by atoms with Gasteiger partial charge in [0.25, 0.3) is 12.3 Å². The van der Waals surface area contributed by atoms with Gasteiger partial charge in [-0.25, -0.2) is 18.6 Å². The van der Waals surface area contributed by atoms with Crippen LogP contribution in [0.2, 0.25) is 0 Å². The van der Waals surface area contributed by atoms with Crippen LogP contribution in [0.15, 0.2) is 58.2 Å². The largest absolute Gasteiger partial charge is 0.444 e. The molecule has 10 rings (SSSR count). The molecule has 2 aliphatic heterocycles. The summed E-state index contributed by atoms with van der Waals surface area (Å²) in [4.78, 5) is 65.4. The molecule has 65 heavy (non-hydrogen) atoms. The van der Waals surface area contributed by atoms with Gasteiger partial charge in [-0.3, -0.25) is 38.1 Å². The van der Waals surface area contributed by atoms with Crippen molar-refractivity contribution in [3.05, 3.63) is 82.1 Å². The molecular weight excluding hydrogens is 833 g/mol. The van der Waals surface area contributed by atoms with Gasteiger partial charge in [0, 0.05) is 50.2 Å². The summed E-state index contributed by atoms with van der Waals surface area (Å²) < 4.78 is 39.1. The number of oxazole rings is 1. The number of Topliss-reactive ketones (excluding diaryl/α,β-unsaturated/α-hetero) is 2. The quantitative estimate of drug-likeness (QED) is 0.115. The standard InChI is InChI=1S/C49H59F2N9O5/c1-56-44-34(3-2-4-41(44)60(48(56)64)40-14-13-37(61)26-42(40)62)28-58-23-18-49(19-24-58)16-21-57(22-17-49)27-32-8-11-36(12-9-32)59-29-38(43(55-59)45(50)51)53-46(63)39-30-65-47(54-39)33-15-20-52-35(25-33)10-7-31-5-6-31/h2-4,15,20,25,29-32,36,40,45H,5-14,16-19,21-24,26-28H2,1H3,(H,53,63). The molecule has 3 saturated carbocycles. The van der Waals surface area contributed by atoms with E-state index in [0.29, 0.717) is 29.7 Å². The van der Waals surface area contributed by atoms with Gasteiger partial charge in [0.05, 0.1) is 35.2 Å². The number of aromatic nitrogens is 6. The number of hydrogen-bond acceptors (Lipinski definition) is 10. The molecule has 344 valence electrons. The van der Waals surface area contributed by atoms with Crippen molar-refractivity contribution in [3.63, 3.8) is 0 Å². The lowest BCUT2D eigenvalue weighted by Crippen LogP contribution is -2.47. The van der Waals surface area contributed by atoms with Gasteiger partial charge < -0.3 is 14.6 Å². The zero-order valence-corrected chi connectivity index (χ0v) is 37.2. The number of imidazole rings is 1. The number of para-hydroxylation sites is 1. The van der Waals surface area contributed by atoms with Crippen molar-refractivity contribution < 1.29 is 27.6 Å². The summed E-state index contributed by atoms with van der Waals surface area (Å²) in [6, 6.07) is 9.08. The second-order valence-corrected chi connectivity index (χ2v) is 19.7. The summed E-state index contributed by atoms with van der Waals surface area (Å²) >= 11 is 0. The van der Waals surface area contributed by atoms with Gasteiger partial charge in [-0.05, 0) is 138 Å². The number of piperidine rings is 2. The fraction of sp³-hybridized carbons (Fsp3) is 0.571. The van der Waals surface area contributed by atoms with Gasteiger partial charge in [0.2, 0.25) is 5.89 Å². The molecule has 1 atom stereocenters. The zero-order chi connectivity index (χ0) is 44.8. The van der Waals surface area contributed by atoms with Crippen LogP contribution in [-0.4, -0.2) is 88.9 Å². The van der Waals surface area contributed by atoms with E-state index in [0.717, 1.165) is 119 Å². The average molecular weight is 892 g/mol. The summed E-state index contributed by atoms with van der Waals surface area (Å²) in [5.41, 5.74) is 4.06. The molecule has 3 aliphatic carbocycles. The molecule has 1 aromatic carbocycles. The first-order valence-corrected chi connectivity index (χ1v) is 23.8. The minimum Gasteiger partial charge on any atom is -0.444 e. The van der Waals surface area contributed by atoms with Gasteiger partial charge in [0.15, 0.2) is 17.2 Å². The Hall–Kier alpha value is -5.35. The summed E-state index contributed by atoms with van der Waals surface area (Å²) in [7, 11) is 1.78. The number of pyridine rings is 1. The molecule has 1 unspecified atom stereocenters. The Balaban J connectivity index is 0.690. The number of benzene rings is 1. The number of nitrogens with zero attached hydrogens (tertiary/aromatic N) is 8. The number of aryl methyl sites for hydroxylation is 2. The smallest absolute Gasteiger partial charge is 0.329 e. The van der Waals surface area contributed by atoms with Crippen LogP contribution in [0, 0.1) is 17.3 Å². The summed E-state index contributed by atoms with van der Waals surface area (Å²) in [6.45, 7) is 5.95. The highest BCUT2D eigenvalue weighted by Gasteiger charge is 2.39. The number of carbonyl (C=O) groups is 3. The van der Waals surface area contributed by atoms with Crippen molar-refractivity contribution >= 4 is 34.2 Å². The molecule has 14 nitrogen and oxygen atoms in total. The number of nitrogens with one attached hydrogen (secondary N) is 1. The van der Waals surface area contributed by atoms with E-state index in [4.69, 9.17) is 4.42 Å². The summed E-state index contributed by atoms with van der Waals surface area (Å²) in [6.07, 6.45) is 15.1. The Labute approximate surface area is 376 Å². The van der Waals surface area contributed by atoms with Crippen LogP contribution >= 0.6 is 0 Å². The molecule has 16 heteroatoms. The number of ketones is 2. The van der Waals surface area contributed by atoms with Crippen molar-refractivity contribution in [2.75, 3.05) is 38.0 Å². The highest BCUT2D eigenvalue weighted by molar-refractivity contribution is 6.04. The molecule has 6 heterocycles. The van der Waals surface area contributed by atoms with E-state index in [1.165, 1.54) is 31.9 Å². The summed E-state index contributed by atoms with van der Waals surface area (Å²) in [5, 5.41) is 6.92. The molecular formula is C49H59F2N9O5. The molecule has 4 aromatic heterocycles. The molecule has 0 bridgehead atoms. The molecule has 0 radical (unpaired) electrons. The lowest BCUT2D eigenvalue weighted by Gasteiger charge is -2.47. The number of alkyl halides is 2. The van der Waals surface area contributed by atoms with Crippen LogP contribution in [0.25, 0.3) is 22.5 Å². The van der Waals surface area contributed by atoms with E-state index < -0.39 is 24.1 Å². The Morgan fingerprint density at radius 3 is 2.40 bits per heavy atom. The zero-order valence-electron chi connectivity index (χ0n) is 37.2. The summed E-state index contributed by atoms with van der Waals surface area (Å²) in [5.74, 6) is 0.742. The number of amides is 1. The third-order valence-corrected chi connectivity index (χ3v) is 15.4. The van der Waals surface area contributed by atoms with Gasteiger partial charge in [-0.2, -0.15) is 5.10 Å². The first kappa shape index (κ1) is 43.5. The maximum absolute atomic E-state index is 14.3. The topological polar surface area (TPSA) is 153 Å². The van der Waals surface area contributed by atoms with E-state index in [1.54, 1.807) is 39.3 Å². The normalized spacial score (nSPS) is 23.2. The molecule has 5 aromatic rings. The number of fused-ring (bicyclic) bond motifs is 1. The van der Waals surface area contributed by atoms with Gasteiger partial charge in [-0.1, -0.05) is 25.0 Å². The second-order valence-electron chi connectivity index (χ2n) is 19.7. The molecule has 5 aliphatic rings. The Morgan fingerprint density at radius 1 is 0.938 bits per heavy atom. The van der Waals surface area contributed by atoms with E-state index in [1.807, 2.05) is 18.2 Å². The van der Waals surface area contributed by atoms with Crippen LogP contribution in [0.4, 0.5) is 14.5 Å². The Bertz CT molecular complexity index is 2620. The number of likely N-dealkylation sites (tertiary alicyclic amines) is 2. The highest BCUT2D eigenvalue weighted by atomic mass is 19.3. The molecule has 1 N–H and O–H groups in total. The number of rotatable bonds is 13. The predicted molar refractivity (Wildman–Crippen MR) is 240 cm³/mol. The lowest BCUT2D eigenvalue weighted by molar-refractivity contribution is -0.132. The molecule has 2 saturated heterocycles. The lowest BCUT2D eigenvalue weighted by atomic mass is 9.71. The third-order valence-electron chi connectivity index (χ3n) is 15.4. The SMILES string of the molecule is Cn1c(=O)n(C2CCC(=O)CC2=O)c2cccc(CN3CCC4(CC3)CCN(CC3CCC(n5cc(NC(=O)c6coc(-c7ccnc(CCC8CC8)c7)n6)c(C(F)F)n5)CC3)CC4)c21. The van der Waals surface area contributed by atoms with Crippen molar-refractivity contribution in [2.45, 2.75) is 121 Å². The maximum atomic E-state index is 14.3. The second kappa shape index (κ2) is 18.1. The van der Waals surface area contributed by atoms with Crippen molar-refractivity contribution in [1.29, 1.82) is 0 Å². The first-order chi connectivity index (χ1) is 31.5. The van der Waals surface area contributed by atoms with Crippen LogP contribution in [0.1, 0.15) is 136 Å². The highest BCUT2D eigenvalue weighted by Crippen LogP contribution is 2.43. The molecule has 1 spiro atoms. The Kier molecular flexibility index (Phi) is 12.2. The van der Waals surface area contributed by atoms with Gasteiger partial charge in [-0.15, -0.1) is 0 Å². The molecule has 5 fully saturated rings. The predicted octanol–water partition coefficient (Wildman–Crippen LogP) is 8.09. The third kappa shape index (κ3) is 9.25. The first-order valence-electron chi connectivity index (χ1n) is 23.8. The van der Waals surface area contributed by atoms with E-state index in [9.17, 15) is 28.0 Å². The minimum atomic E-state index is -2.85. The van der Waals surface area contributed by atoms with E-state index >= 15 is 0 Å². The van der Waals surface area contributed by atoms with Crippen molar-refractivity contribution in [3.8, 4) is 11.5 Å². The number of halogens is 2. The van der Waals surface area contributed by atoms with E-state index in [-0.39, 0.29) is 47.0 Å². The van der Waals surface area contributed by atoms with Crippen LogP contribution in [-0.2, 0) is 29.6 Å². The van der Waals surface area contributed by atoms with E-state index in [2.05, 4.69) is 36.2 Å². The van der Waals surface area contributed by atoms with Crippen molar-refractivity contribution in [1.82, 2.24) is 38.7 Å². The van der Waals surface area contributed by atoms with Crippen LogP contribution < -0.4 is 11.0 Å². The molecule has 1 amide bonds.